The average molecular weight is 312 g/mol. The van der Waals surface area contributed by atoms with Crippen LogP contribution in [0.5, 0.6) is 5.75 Å². The molecule has 0 aliphatic heterocycles. The minimum Gasteiger partial charge on any atom is -0.489 e. The van der Waals surface area contributed by atoms with E-state index in [0.29, 0.717) is 27.4 Å². The Labute approximate surface area is 121 Å². The van der Waals surface area contributed by atoms with E-state index >= 15 is 0 Å². The lowest BCUT2D eigenvalue weighted by molar-refractivity contribution is -0.120. The fraction of sp³-hybridized carbons (Fsp3) is 0.364. The van der Waals surface area contributed by atoms with E-state index in [1.807, 2.05) is 0 Å². The summed E-state index contributed by atoms with van der Waals surface area (Å²) in [6.45, 7) is 0.911. The Morgan fingerprint density at radius 3 is 2.44 bits per heavy atom. The maximum Gasteiger partial charge on any atom is 0.234 e. The second kappa shape index (κ2) is 7.69. The highest BCUT2D eigenvalue weighted by Crippen LogP contribution is 2.35. The van der Waals surface area contributed by atoms with Crippen molar-refractivity contribution < 1.29 is 9.53 Å². The number of carbonyl (C=O) groups is 1. The van der Waals surface area contributed by atoms with Crippen LogP contribution < -0.4 is 15.4 Å². The summed E-state index contributed by atoms with van der Waals surface area (Å²) in [7, 11) is 1.70. The first-order valence-corrected chi connectivity index (χ1v) is 6.36. The summed E-state index contributed by atoms with van der Waals surface area (Å²) in [6, 6.07) is 3.09. The molecule has 0 saturated heterocycles. The number of halogens is 3. The Kier molecular flexibility index (Phi) is 6.57. The molecule has 0 aliphatic rings. The summed E-state index contributed by atoms with van der Waals surface area (Å²) in [5.41, 5.74) is 0. The SMILES string of the molecule is CNCC(=O)NCCOc1c(Cl)cc(Cl)cc1Cl. The highest BCUT2D eigenvalue weighted by atomic mass is 35.5. The van der Waals surface area contributed by atoms with Gasteiger partial charge < -0.3 is 15.4 Å². The molecule has 18 heavy (non-hydrogen) atoms. The van der Waals surface area contributed by atoms with Crippen molar-refractivity contribution in [2.45, 2.75) is 0 Å². The summed E-state index contributed by atoms with van der Waals surface area (Å²) in [5, 5.41) is 6.53. The Morgan fingerprint density at radius 1 is 1.28 bits per heavy atom. The minimum atomic E-state index is -0.102. The van der Waals surface area contributed by atoms with E-state index in [1.165, 1.54) is 0 Å². The van der Waals surface area contributed by atoms with Crippen LogP contribution in [0, 0.1) is 0 Å². The number of carbonyl (C=O) groups excluding carboxylic acids is 1. The van der Waals surface area contributed by atoms with E-state index in [4.69, 9.17) is 39.5 Å². The number of benzene rings is 1. The van der Waals surface area contributed by atoms with Gasteiger partial charge in [0.2, 0.25) is 5.91 Å². The molecule has 0 aliphatic carbocycles. The van der Waals surface area contributed by atoms with Crippen LogP contribution in [-0.2, 0) is 4.79 Å². The standard InChI is InChI=1S/C11H13Cl3N2O2/c1-15-6-10(17)16-2-3-18-11-8(13)4-7(12)5-9(11)14/h4-5,15H,2-3,6H2,1H3,(H,16,17). The zero-order chi connectivity index (χ0) is 13.5. The van der Waals surface area contributed by atoms with Gasteiger partial charge in [0.05, 0.1) is 23.1 Å². The summed E-state index contributed by atoms with van der Waals surface area (Å²) in [5.74, 6) is 0.264. The first-order valence-electron chi connectivity index (χ1n) is 5.23. The molecule has 1 aromatic rings. The maximum absolute atomic E-state index is 11.1. The fourth-order valence-electron chi connectivity index (χ4n) is 1.23. The number of hydrogen-bond acceptors (Lipinski definition) is 3. The molecule has 1 aromatic carbocycles. The van der Waals surface area contributed by atoms with Crippen molar-refractivity contribution >= 4 is 40.7 Å². The van der Waals surface area contributed by atoms with Crippen LogP contribution in [0.1, 0.15) is 0 Å². The third-order valence-corrected chi connectivity index (χ3v) is 2.75. The topological polar surface area (TPSA) is 50.4 Å². The van der Waals surface area contributed by atoms with E-state index in [2.05, 4.69) is 10.6 Å². The van der Waals surface area contributed by atoms with Gasteiger partial charge in [-0.25, -0.2) is 0 Å². The Bertz CT molecular complexity index is 404. The molecule has 0 saturated carbocycles. The summed E-state index contributed by atoms with van der Waals surface area (Å²) in [4.78, 5) is 11.1. The van der Waals surface area contributed by atoms with Gasteiger partial charge in [0.25, 0.3) is 0 Å². The highest BCUT2D eigenvalue weighted by Gasteiger charge is 2.09. The third kappa shape index (κ3) is 4.90. The van der Waals surface area contributed by atoms with Crippen LogP contribution >= 0.6 is 34.8 Å². The molecule has 0 radical (unpaired) electrons. The Morgan fingerprint density at radius 2 is 1.89 bits per heavy atom. The molecular weight excluding hydrogens is 298 g/mol. The molecule has 0 aromatic heterocycles. The summed E-state index contributed by atoms with van der Waals surface area (Å²) >= 11 is 17.6. The average Bonchev–Trinajstić information content (AvgIpc) is 2.27. The van der Waals surface area contributed by atoms with Gasteiger partial charge in [-0.3, -0.25) is 4.79 Å². The molecular formula is C11H13Cl3N2O2. The van der Waals surface area contributed by atoms with Crippen molar-refractivity contribution in [3.8, 4) is 5.75 Å². The van der Waals surface area contributed by atoms with Crippen molar-refractivity contribution in [1.29, 1.82) is 0 Å². The van der Waals surface area contributed by atoms with Crippen LogP contribution in [-0.4, -0.2) is 32.7 Å². The predicted octanol–water partition coefficient (Wildman–Crippen LogP) is 2.36. The fourth-order valence-corrected chi connectivity index (χ4v) is 2.16. The number of likely N-dealkylation sites (N-methyl/N-ethyl adjacent to an activating group) is 1. The quantitative estimate of drug-likeness (QED) is 0.793. The van der Waals surface area contributed by atoms with Crippen molar-refractivity contribution in [3.05, 3.63) is 27.2 Å². The first kappa shape index (κ1) is 15.4. The molecule has 2 N–H and O–H groups in total. The highest BCUT2D eigenvalue weighted by molar-refractivity contribution is 6.40. The van der Waals surface area contributed by atoms with Crippen LogP contribution in [0.2, 0.25) is 15.1 Å². The molecule has 1 amide bonds. The van der Waals surface area contributed by atoms with Crippen molar-refractivity contribution in [1.82, 2.24) is 10.6 Å². The predicted molar refractivity (Wildman–Crippen MR) is 73.9 cm³/mol. The smallest absolute Gasteiger partial charge is 0.234 e. The van der Waals surface area contributed by atoms with Gasteiger partial charge in [-0.15, -0.1) is 0 Å². The van der Waals surface area contributed by atoms with E-state index < -0.39 is 0 Å². The largest absolute Gasteiger partial charge is 0.489 e. The van der Waals surface area contributed by atoms with Gasteiger partial charge in [-0.2, -0.15) is 0 Å². The summed E-state index contributed by atoms with van der Waals surface area (Å²) in [6.07, 6.45) is 0. The van der Waals surface area contributed by atoms with Crippen molar-refractivity contribution in [2.75, 3.05) is 26.7 Å². The van der Waals surface area contributed by atoms with Gasteiger partial charge in [0.1, 0.15) is 6.61 Å². The van der Waals surface area contributed by atoms with E-state index in [-0.39, 0.29) is 19.1 Å². The Hall–Kier alpha value is -0.680. The maximum atomic E-state index is 11.1. The lowest BCUT2D eigenvalue weighted by Crippen LogP contribution is -2.34. The molecule has 100 valence electrons. The van der Waals surface area contributed by atoms with Crippen molar-refractivity contribution in [2.24, 2.45) is 0 Å². The number of ether oxygens (including phenoxy) is 1. The molecule has 0 heterocycles. The van der Waals surface area contributed by atoms with Crippen LogP contribution in [0.4, 0.5) is 0 Å². The van der Waals surface area contributed by atoms with E-state index in [0.717, 1.165) is 0 Å². The van der Waals surface area contributed by atoms with E-state index in [1.54, 1.807) is 19.2 Å². The molecule has 7 heteroatoms. The number of rotatable bonds is 6. The van der Waals surface area contributed by atoms with Gasteiger partial charge in [-0.1, -0.05) is 34.8 Å². The van der Waals surface area contributed by atoms with E-state index in [9.17, 15) is 4.79 Å². The van der Waals surface area contributed by atoms with Crippen molar-refractivity contribution in [3.63, 3.8) is 0 Å². The molecule has 0 bridgehead atoms. The second-order valence-corrected chi connectivity index (χ2v) is 4.68. The van der Waals surface area contributed by atoms with Gasteiger partial charge in [-0.05, 0) is 19.2 Å². The zero-order valence-electron chi connectivity index (χ0n) is 9.73. The third-order valence-electron chi connectivity index (χ3n) is 1.97. The molecule has 0 atom stereocenters. The minimum absolute atomic E-state index is 0.102. The zero-order valence-corrected chi connectivity index (χ0v) is 12.0. The number of nitrogens with one attached hydrogen (secondary N) is 2. The lowest BCUT2D eigenvalue weighted by atomic mass is 10.3. The molecule has 0 spiro atoms. The monoisotopic (exact) mass is 310 g/mol. The van der Waals surface area contributed by atoms with Gasteiger partial charge >= 0.3 is 0 Å². The normalized spacial score (nSPS) is 10.2. The molecule has 0 fully saturated rings. The summed E-state index contributed by atoms with van der Waals surface area (Å²) < 4.78 is 5.39. The second-order valence-electron chi connectivity index (χ2n) is 3.43. The molecule has 1 rings (SSSR count). The van der Waals surface area contributed by atoms with Gasteiger partial charge in [0, 0.05) is 5.02 Å². The van der Waals surface area contributed by atoms with Crippen LogP contribution in [0.15, 0.2) is 12.1 Å². The lowest BCUT2D eigenvalue weighted by Gasteiger charge is -2.11. The van der Waals surface area contributed by atoms with Gasteiger partial charge in [0.15, 0.2) is 5.75 Å². The Balaban J connectivity index is 2.42. The van der Waals surface area contributed by atoms with Crippen LogP contribution in [0.25, 0.3) is 0 Å². The molecule has 4 nitrogen and oxygen atoms in total. The molecule has 0 unspecified atom stereocenters. The number of amides is 1. The number of hydrogen-bond donors (Lipinski definition) is 2. The van der Waals surface area contributed by atoms with Crippen LogP contribution in [0.3, 0.4) is 0 Å². The first-order chi connectivity index (χ1) is 8.54.